The number of esters is 1. The third-order valence-electron chi connectivity index (χ3n) is 2.55. The van der Waals surface area contributed by atoms with Gasteiger partial charge in [0.15, 0.2) is 0 Å². The van der Waals surface area contributed by atoms with Gasteiger partial charge in [-0.25, -0.2) is 4.39 Å². The monoisotopic (exact) mass is 272 g/mol. The Morgan fingerprint density at radius 2 is 2.05 bits per heavy atom. The number of carbonyl (C=O) groups is 1. The van der Waals surface area contributed by atoms with E-state index in [0.29, 0.717) is 0 Å². The van der Waals surface area contributed by atoms with Gasteiger partial charge in [-0.15, -0.1) is 0 Å². The molecule has 6 heteroatoms. The van der Waals surface area contributed by atoms with E-state index < -0.39 is 24.0 Å². The van der Waals surface area contributed by atoms with Gasteiger partial charge in [0, 0.05) is 0 Å². The first-order valence-corrected chi connectivity index (χ1v) is 5.90. The van der Waals surface area contributed by atoms with Crippen LogP contribution >= 0.6 is 0 Å². The number of halogens is 1. The standard InChI is InChI=1S/C13H17FO5/c1-2-19-12(17)6-11(16)13(18)9-3-8(7-15)4-10(14)5-9/h3-5,11,13,15-16,18H,2,6-7H2,1H3. The van der Waals surface area contributed by atoms with E-state index in [1.807, 2.05) is 0 Å². The predicted molar refractivity (Wildman–Crippen MR) is 64.5 cm³/mol. The Morgan fingerprint density at radius 1 is 1.37 bits per heavy atom. The second-order valence-corrected chi connectivity index (χ2v) is 4.07. The summed E-state index contributed by atoms with van der Waals surface area (Å²) in [5.41, 5.74) is 0.373. The molecule has 0 radical (unpaired) electrons. The summed E-state index contributed by atoms with van der Waals surface area (Å²) in [6, 6.07) is 3.52. The molecule has 0 saturated carbocycles. The van der Waals surface area contributed by atoms with Crippen molar-refractivity contribution in [3.8, 4) is 0 Å². The largest absolute Gasteiger partial charge is 0.466 e. The first-order valence-electron chi connectivity index (χ1n) is 5.90. The second kappa shape index (κ2) is 7.18. The van der Waals surface area contributed by atoms with Crippen LogP contribution in [0.5, 0.6) is 0 Å². The molecule has 2 atom stereocenters. The molecule has 0 fully saturated rings. The number of aliphatic hydroxyl groups excluding tert-OH is 3. The molecule has 0 aliphatic rings. The van der Waals surface area contributed by atoms with E-state index in [4.69, 9.17) is 5.11 Å². The Kier molecular flexibility index (Phi) is 5.88. The van der Waals surface area contributed by atoms with Gasteiger partial charge in [0.25, 0.3) is 0 Å². The lowest BCUT2D eigenvalue weighted by atomic mass is 10.00. The third-order valence-corrected chi connectivity index (χ3v) is 2.55. The van der Waals surface area contributed by atoms with Gasteiger partial charge in [-0.2, -0.15) is 0 Å². The molecule has 1 rings (SSSR count). The molecule has 1 aromatic rings. The number of rotatable bonds is 6. The van der Waals surface area contributed by atoms with Crippen molar-refractivity contribution < 1.29 is 29.2 Å². The van der Waals surface area contributed by atoms with Crippen LogP contribution in [0.3, 0.4) is 0 Å². The summed E-state index contributed by atoms with van der Waals surface area (Å²) in [6.45, 7) is 1.42. The summed E-state index contributed by atoms with van der Waals surface area (Å²) in [5, 5.41) is 28.5. The van der Waals surface area contributed by atoms with E-state index in [1.54, 1.807) is 6.92 Å². The van der Waals surface area contributed by atoms with Crippen molar-refractivity contribution in [2.75, 3.05) is 6.61 Å². The molecule has 1 aromatic carbocycles. The Hall–Kier alpha value is -1.50. The molecule has 106 valence electrons. The average Bonchev–Trinajstić information content (AvgIpc) is 2.37. The molecule has 3 N–H and O–H groups in total. The highest BCUT2D eigenvalue weighted by Crippen LogP contribution is 2.22. The third kappa shape index (κ3) is 4.59. The van der Waals surface area contributed by atoms with Gasteiger partial charge in [-0.05, 0) is 30.2 Å². The van der Waals surface area contributed by atoms with Gasteiger partial charge in [0.1, 0.15) is 11.9 Å². The summed E-state index contributed by atoms with van der Waals surface area (Å²) >= 11 is 0. The number of ether oxygens (including phenoxy) is 1. The van der Waals surface area contributed by atoms with Gasteiger partial charge < -0.3 is 20.1 Å². The zero-order valence-corrected chi connectivity index (χ0v) is 10.5. The van der Waals surface area contributed by atoms with E-state index in [1.165, 1.54) is 6.07 Å². The van der Waals surface area contributed by atoms with Crippen molar-refractivity contribution in [1.29, 1.82) is 0 Å². The molecule has 0 aliphatic carbocycles. The number of hydrogen-bond donors (Lipinski definition) is 3. The van der Waals surface area contributed by atoms with Crippen molar-refractivity contribution in [3.63, 3.8) is 0 Å². The number of aliphatic hydroxyl groups is 3. The zero-order chi connectivity index (χ0) is 14.4. The minimum absolute atomic E-state index is 0.0980. The highest BCUT2D eigenvalue weighted by molar-refractivity contribution is 5.70. The van der Waals surface area contributed by atoms with Crippen LogP contribution in [-0.4, -0.2) is 34.0 Å². The number of carbonyl (C=O) groups excluding carboxylic acids is 1. The topological polar surface area (TPSA) is 87.0 Å². The SMILES string of the molecule is CCOC(=O)CC(O)C(O)c1cc(F)cc(CO)c1. The van der Waals surface area contributed by atoms with Crippen molar-refractivity contribution in [3.05, 3.63) is 35.1 Å². The summed E-state index contributed by atoms with van der Waals surface area (Å²) in [4.78, 5) is 11.2. The molecular formula is C13H17FO5. The molecule has 0 aliphatic heterocycles. The van der Waals surface area contributed by atoms with Gasteiger partial charge in [0.05, 0.1) is 25.7 Å². The fourth-order valence-electron chi connectivity index (χ4n) is 1.66. The van der Waals surface area contributed by atoms with Crippen LogP contribution in [0.15, 0.2) is 18.2 Å². The predicted octanol–water partition coefficient (Wildman–Crippen LogP) is 0.665. The zero-order valence-electron chi connectivity index (χ0n) is 10.5. The van der Waals surface area contributed by atoms with Gasteiger partial charge in [-0.1, -0.05) is 6.07 Å². The lowest BCUT2D eigenvalue weighted by Crippen LogP contribution is -2.23. The summed E-state index contributed by atoms with van der Waals surface area (Å²) in [6.07, 6.45) is -3.21. The summed E-state index contributed by atoms with van der Waals surface area (Å²) < 4.78 is 17.9. The minimum Gasteiger partial charge on any atom is -0.466 e. The Balaban J connectivity index is 2.78. The van der Waals surface area contributed by atoms with Crippen molar-refractivity contribution in [2.45, 2.75) is 32.2 Å². The van der Waals surface area contributed by atoms with E-state index in [0.717, 1.165) is 12.1 Å². The number of hydrogen-bond acceptors (Lipinski definition) is 5. The second-order valence-electron chi connectivity index (χ2n) is 4.07. The normalized spacial score (nSPS) is 13.9. The summed E-state index contributed by atoms with van der Waals surface area (Å²) in [7, 11) is 0. The maximum absolute atomic E-state index is 13.2. The van der Waals surface area contributed by atoms with E-state index in [9.17, 15) is 19.4 Å². The highest BCUT2D eigenvalue weighted by Gasteiger charge is 2.22. The van der Waals surface area contributed by atoms with E-state index in [2.05, 4.69) is 4.74 Å². The minimum atomic E-state index is -1.43. The fourth-order valence-corrected chi connectivity index (χ4v) is 1.66. The molecule has 0 aromatic heterocycles. The fraction of sp³-hybridized carbons (Fsp3) is 0.462. The van der Waals surface area contributed by atoms with Crippen LogP contribution in [0, 0.1) is 5.82 Å². The van der Waals surface area contributed by atoms with Crippen LogP contribution in [0.2, 0.25) is 0 Å². The molecule has 19 heavy (non-hydrogen) atoms. The Bertz CT molecular complexity index is 435. The molecule has 0 spiro atoms. The molecule has 0 heterocycles. The molecule has 2 unspecified atom stereocenters. The quantitative estimate of drug-likeness (QED) is 0.662. The molecular weight excluding hydrogens is 255 g/mol. The first kappa shape index (κ1) is 15.6. The molecule has 0 amide bonds. The molecule has 0 saturated heterocycles. The van der Waals surface area contributed by atoms with Crippen LogP contribution in [0.4, 0.5) is 4.39 Å². The smallest absolute Gasteiger partial charge is 0.308 e. The average molecular weight is 272 g/mol. The highest BCUT2D eigenvalue weighted by atomic mass is 19.1. The van der Waals surface area contributed by atoms with Gasteiger partial charge in [0.2, 0.25) is 0 Å². The maximum Gasteiger partial charge on any atom is 0.308 e. The Morgan fingerprint density at radius 3 is 2.63 bits per heavy atom. The Labute approximate surface area is 110 Å². The van der Waals surface area contributed by atoms with Crippen LogP contribution < -0.4 is 0 Å². The van der Waals surface area contributed by atoms with Crippen molar-refractivity contribution >= 4 is 5.97 Å². The van der Waals surface area contributed by atoms with Crippen LogP contribution in [0.1, 0.15) is 30.6 Å². The van der Waals surface area contributed by atoms with E-state index >= 15 is 0 Å². The first-order chi connectivity index (χ1) is 8.97. The number of benzene rings is 1. The van der Waals surface area contributed by atoms with Crippen LogP contribution in [0.25, 0.3) is 0 Å². The summed E-state index contributed by atoms with van der Waals surface area (Å²) in [5.74, 6) is -1.28. The lowest BCUT2D eigenvalue weighted by Gasteiger charge is -2.18. The lowest BCUT2D eigenvalue weighted by molar-refractivity contribution is -0.147. The van der Waals surface area contributed by atoms with Crippen molar-refractivity contribution in [2.24, 2.45) is 0 Å². The van der Waals surface area contributed by atoms with Gasteiger partial charge >= 0.3 is 5.97 Å². The molecule has 5 nitrogen and oxygen atoms in total. The molecule has 0 bridgehead atoms. The van der Waals surface area contributed by atoms with E-state index in [-0.39, 0.29) is 30.8 Å². The van der Waals surface area contributed by atoms with Crippen molar-refractivity contribution in [1.82, 2.24) is 0 Å². The van der Waals surface area contributed by atoms with Gasteiger partial charge in [-0.3, -0.25) is 4.79 Å². The van der Waals surface area contributed by atoms with Crippen LogP contribution in [-0.2, 0) is 16.1 Å². The maximum atomic E-state index is 13.2.